The highest BCUT2D eigenvalue weighted by Crippen LogP contribution is 2.29. The second kappa shape index (κ2) is 6.36. The van der Waals surface area contributed by atoms with Crippen LogP contribution in [-0.2, 0) is 9.53 Å². The lowest BCUT2D eigenvalue weighted by Gasteiger charge is -2.32. The molecule has 0 aromatic heterocycles. The van der Waals surface area contributed by atoms with E-state index >= 15 is 0 Å². The summed E-state index contributed by atoms with van der Waals surface area (Å²) in [5, 5.41) is 9.32. The van der Waals surface area contributed by atoms with Crippen LogP contribution in [0.3, 0.4) is 0 Å². The van der Waals surface area contributed by atoms with E-state index in [9.17, 15) is 9.90 Å². The summed E-state index contributed by atoms with van der Waals surface area (Å²) in [5.41, 5.74) is 0. The highest BCUT2D eigenvalue weighted by Gasteiger charge is 2.28. The van der Waals surface area contributed by atoms with Crippen LogP contribution >= 0.6 is 0 Å². The van der Waals surface area contributed by atoms with Gasteiger partial charge in [-0.3, -0.25) is 9.69 Å². The van der Waals surface area contributed by atoms with E-state index in [1.165, 1.54) is 25.7 Å². The molecule has 0 aromatic rings. The minimum atomic E-state index is -0.662. The van der Waals surface area contributed by atoms with Crippen molar-refractivity contribution in [2.75, 3.05) is 26.3 Å². The topological polar surface area (TPSA) is 49.8 Å². The molecule has 2 rings (SSSR count). The second-order valence-corrected chi connectivity index (χ2v) is 5.23. The van der Waals surface area contributed by atoms with Crippen LogP contribution in [0.5, 0.6) is 0 Å². The second-order valence-electron chi connectivity index (χ2n) is 5.23. The number of carbonyl (C=O) groups is 1. The van der Waals surface area contributed by atoms with Crippen molar-refractivity contribution >= 4 is 5.97 Å². The van der Waals surface area contributed by atoms with Crippen LogP contribution in [0.4, 0.5) is 0 Å². The van der Waals surface area contributed by atoms with Gasteiger partial charge >= 0.3 is 5.97 Å². The molecule has 2 fully saturated rings. The largest absolute Gasteiger partial charge is 0.480 e. The summed E-state index contributed by atoms with van der Waals surface area (Å²) in [6.07, 6.45) is 7.15. The van der Waals surface area contributed by atoms with Gasteiger partial charge in [0.25, 0.3) is 0 Å². The summed E-state index contributed by atoms with van der Waals surface area (Å²) in [6.45, 7) is 2.88. The molecule has 0 radical (unpaired) electrons. The van der Waals surface area contributed by atoms with Gasteiger partial charge in [-0.2, -0.15) is 0 Å². The molecule has 4 heteroatoms. The molecule has 1 aliphatic carbocycles. The quantitative estimate of drug-likeness (QED) is 0.796. The molecule has 98 valence electrons. The van der Waals surface area contributed by atoms with Gasteiger partial charge in [0.1, 0.15) is 6.04 Å². The van der Waals surface area contributed by atoms with E-state index in [0.29, 0.717) is 13.2 Å². The summed E-state index contributed by atoms with van der Waals surface area (Å²) in [7, 11) is 0. The fourth-order valence-electron chi connectivity index (χ4n) is 3.04. The van der Waals surface area contributed by atoms with Crippen molar-refractivity contribution in [3.63, 3.8) is 0 Å². The lowest BCUT2D eigenvalue weighted by Crippen LogP contribution is -2.47. The van der Waals surface area contributed by atoms with Crippen molar-refractivity contribution < 1.29 is 14.6 Å². The highest BCUT2D eigenvalue weighted by atomic mass is 16.5. The number of hydrogen-bond donors (Lipinski definition) is 1. The van der Waals surface area contributed by atoms with Crippen molar-refractivity contribution in [1.82, 2.24) is 4.90 Å². The number of morpholine rings is 1. The standard InChI is InChI=1S/C13H23NO3/c15-13(16)12(14-7-9-17-10-8-14)6-5-11-3-1-2-4-11/h11-12H,1-10H2,(H,15,16). The van der Waals surface area contributed by atoms with E-state index in [4.69, 9.17) is 4.74 Å². The molecule has 0 amide bonds. The van der Waals surface area contributed by atoms with Crippen molar-refractivity contribution in [3.8, 4) is 0 Å². The fourth-order valence-corrected chi connectivity index (χ4v) is 3.04. The number of nitrogens with zero attached hydrogens (tertiary/aromatic N) is 1. The first-order valence-corrected chi connectivity index (χ1v) is 6.82. The molecule has 1 N–H and O–H groups in total. The van der Waals surface area contributed by atoms with Gasteiger partial charge in [0.15, 0.2) is 0 Å². The van der Waals surface area contributed by atoms with E-state index in [1.807, 2.05) is 0 Å². The monoisotopic (exact) mass is 241 g/mol. The van der Waals surface area contributed by atoms with E-state index in [-0.39, 0.29) is 6.04 Å². The molecule has 0 aromatic carbocycles. The normalized spacial score (nSPS) is 24.9. The number of aliphatic carboxylic acids is 1. The Balaban J connectivity index is 1.80. The number of ether oxygens (including phenoxy) is 1. The summed E-state index contributed by atoms with van der Waals surface area (Å²) >= 11 is 0. The number of carboxylic acid groups (broad SMARTS) is 1. The fraction of sp³-hybridized carbons (Fsp3) is 0.923. The molecule has 1 saturated heterocycles. The van der Waals surface area contributed by atoms with Crippen LogP contribution in [0.25, 0.3) is 0 Å². The van der Waals surface area contributed by atoms with Crippen molar-refractivity contribution in [2.45, 2.75) is 44.6 Å². The summed E-state index contributed by atoms with van der Waals surface area (Å²) in [6, 6.07) is -0.292. The molecule has 0 bridgehead atoms. The van der Waals surface area contributed by atoms with E-state index in [1.54, 1.807) is 0 Å². The van der Waals surface area contributed by atoms with E-state index in [0.717, 1.165) is 31.8 Å². The average Bonchev–Trinajstić information content (AvgIpc) is 2.83. The van der Waals surface area contributed by atoms with Gasteiger partial charge in [-0.25, -0.2) is 0 Å². The van der Waals surface area contributed by atoms with Crippen LogP contribution < -0.4 is 0 Å². The summed E-state index contributed by atoms with van der Waals surface area (Å²) in [5.74, 6) is 0.114. The third kappa shape index (κ3) is 3.68. The third-order valence-corrected chi connectivity index (χ3v) is 4.09. The molecule has 4 nitrogen and oxygen atoms in total. The van der Waals surface area contributed by atoms with Crippen molar-refractivity contribution in [3.05, 3.63) is 0 Å². The minimum absolute atomic E-state index is 0.292. The molecule has 17 heavy (non-hydrogen) atoms. The molecule has 1 saturated carbocycles. The molecular weight excluding hydrogens is 218 g/mol. The Bertz CT molecular complexity index is 245. The van der Waals surface area contributed by atoms with Gasteiger partial charge in [0, 0.05) is 13.1 Å². The molecule has 1 atom stereocenters. The van der Waals surface area contributed by atoms with Gasteiger partial charge in [-0.05, 0) is 18.8 Å². The Morgan fingerprint density at radius 1 is 1.29 bits per heavy atom. The Hall–Kier alpha value is -0.610. The van der Waals surface area contributed by atoms with Crippen LogP contribution in [0.15, 0.2) is 0 Å². The summed E-state index contributed by atoms with van der Waals surface area (Å²) < 4.78 is 5.27. The van der Waals surface area contributed by atoms with Gasteiger partial charge in [-0.15, -0.1) is 0 Å². The van der Waals surface area contributed by atoms with Crippen LogP contribution in [0.1, 0.15) is 38.5 Å². The smallest absolute Gasteiger partial charge is 0.320 e. The van der Waals surface area contributed by atoms with Crippen LogP contribution in [0.2, 0.25) is 0 Å². The van der Waals surface area contributed by atoms with E-state index < -0.39 is 5.97 Å². The average molecular weight is 241 g/mol. The SMILES string of the molecule is O=C(O)C(CCC1CCCC1)N1CCOCC1. The molecule has 0 spiro atoms. The molecule has 1 aliphatic heterocycles. The number of hydrogen-bond acceptors (Lipinski definition) is 3. The molecule has 2 aliphatic rings. The first-order chi connectivity index (χ1) is 8.27. The molecule has 1 heterocycles. The zero-order valence-corrected chi connectivity index (χ0v) is 10.4. The maximum atomic E-state index is 11.3. The van der Waals surface area contributed by atoms with Gasteiger partial charge in [0.05, 0.1) is 13.2 Å². The predicted octanol–water partition coefficient (Wildman–Crippen LogP) is 1.74. The first-order valence-electron chi connectivity index (χ1n) is 6.82. The molecule has 1 unspecified atom stereocenters. The predicted molar refractivity (Wildman–Crippen MR) is 65.0 cm³/mol. The van der Waals surface area contributed by atoms with Crippen molar-refractivity contribution in [1.29, 1.82) is 0 Å². The Morgan fingerprint density at radius 2 is 1.94 bits per heavy atom. The lowest BCUT2D eigenvalue weighted by atomic mass is 9.97. The highest BCUT2D eigenvalue weighted by molar-refractivity contribution is 5.73. The zero-order valence-electron chi connectivity index (χ0n) is 10.4. The third-order valence-electron chi connectivity index (χ3n) is 4.09. The number of carboxylic acids is 1. The van der Waals surface area contributed by atoms with Gasteiger partial charge < -0.3 is 9.84 Å². The molecular formula is C13H23NO3. The minimum Gasteiger partial charge on any atom is -0.480 e. The van der Waals surface area contributed by atoms with Gasteiger partial charge in [0.2, 0.25) is 0 Å². The van der Waals surface area contributed by atoms with Gasteiger partial charge in [-0.1, -0.05) is 25.7 Å². The Morgan fingerprint density at radius 3 is 2.53 bits per heavy atom. The number of rotatable bonds is 5. The van der Waals surface area contributed by atoms with Crippen LogP contribution in [0, 0.1) is 5.92 Å². The van der Waals surface area contributed by atoms with Crippen LogP contribution in [-0.4, -0.2) is 48.3 Å². The summed E-state index contributed by atoms with van der Waals surface area (Å²) in [4.78, 5) is 13.4. The lowest BCUT2D eigenvalue weighted by molar-refractivity contribution is -0.145. The Kier molecular flexibility index (Phi) is 4.80. The zero-order chi connectivity index (χ0) is 12.1. The first kappa shape index (κ1) is 12.8. The maximum absolute atomic E-state index is 11.3. The Labute approximate surface area is 103 Å². The maximum Gasteiger partial charge on any atom is 0.320 e. The van der Waals surface area contributed by atoms with E-state index in [2.05, 4.69) is 4.90 Å². The van der Waals surface area contributed by atoms with Crippen molar-refractivity contribution in [2.24, 2.45) is 5.92 Å².